The van der Waals surface area contributed by atoms with Crippen LogP contribution in [0.4, 0.5) is 11.4 Å². The molecule has 33 heavy (non-hydrogen) atoms. The van der Waals surface area contributed by atoms with Gasteiger partial charge in [-0.25, -0.2) is 4.98 Å². The quantitative estimate of drug-likeness (QED) is 0.411. The average molecular weight is 454 g/mol. The first kappa shape index (κ1) is 21.1. The van der Waals surface area contributed by atoms with Gasteiger partial charge in [-0.05, 0) is 71.8 Å². The molecule has 0 unspecified atom stereocenters. The van der Waals surface area contributed by atoms with Crippen LogP contribution >= 0.6 is 11.3 Å². The fourth-order valence-electron chi connectivity index (χ4n) is 4.23. The molecule has 6 heteroatoms. The first-order valence-corrected chi connectivity index (χ1v) is 11.7. The molecule has 4 aromatic rings. The Labute approximate surface area is 196 Å². The third kappa shape index (κ3) is 4.05. The molecule has 0 radical (unpaired) electrons. The number of carbonyl (C=O) groups excluding carboxylic acids is 2. The van der Waals surface area contributed by atoms with E-state index < -0.39 is 0 Å². The van der Waals surface area contributed by atoms with Crippen molar-refractivity contribution in [3.8, 4) is 0 Å². The topological polar surface area (TPSA) is 62.3 Å². The van der Waals surface area contributed by atoms with E-state index in [0.717, 1.165) is 40.7 Å². The molecule has 164 valence electrons. The highest BCUT2D eigenvalue weighted by Gasteiger charge is 2.27. The van der Waals surface area contributed by atoms with Crippen LogP contribution in [0.3, 0.4) is 0 Å². The maximum Gasteiger partial charge on any atom is 0.256 e. The van der Waals surface area contributed by atoms with Crippen molar-refractivity contribution in [3.63, 3.8) is 0 Å². The molecule has 2 heterocycles. The van der Waals surface area contributed by atoms with Crippen LogP contribution in [0.15, 0.2) is 66.0 Å². The number of anilines is 2. The molecule has 0 bridgehead atoms. The van der Waals surface area contributed by atoms with Crippen molar-refractivity contribution in [1.82, 2.24) is 4.98 Å². The van der Waals surface area contributed by atoms with Crippen LogP contribution in [-0.2, 0) is 11.2 Å². The van der Waals surface area contributed by atoms with Crippen LogP contribution in [0.1, 0.15) is 39.8 Å². The van der Waals surface area contributed by atoms with E-state index >= 15 is 0 Å². The van der Waals surface area contributed by atoms with Crippen LogP contribution < -0.4 is 10.2 Å². The second kappa shape index (κ2) is 8.64. The van der Waals surface area contributed by atoms with E-state index in [-0.39, 0.29) is 11.8 Å². The van der Waals surface area contributed by atoms with E-state index in [2.05, 4.69) is 22.8 Å². The number of carbonyl (C=O) groups is 2. The normalized spacial score (nSPS) is 13.8. The molecule has 5 rings (SSSR count). The van der Waals surface area contributed by atoms with E-state index in [0.29, 0.717) is 11.3 Å². The Hall–Kier alpha value is -3.77. The third-order valence-corrected chi connectivity index (χ3v) is 6.83. The lowest BCUT2D eigenvalue weighted by Gasteiger charge is -2.16. The minimum absolute atomic E-state index is 0.0444. The zero-order valence-corrected chi connectivity index (χ0v) is 19.3. The molecule has 2 aromatic heterocycles. The highest BCUT2D eigenvalue weighted by atomic mass is 32.1. The molecule has 0 aliphatic heterocycles. The van der Waals surface area contributed by atoms with Crippen LogP contribution in [0, 0.1) is 0 Å². The van der Waals surface area contributed by atoms with Gasteiger partial charge in [0.25, 0.3) is 5.91 Å². The number of nitrogens with zero attached hydrogens (tertiary/aromatic N) is 2. The number of fused-ring (bicyclic) bond motifs is 2. The minimum atomic E-state index is -0.144. The monoisotopic (exact) mass is 453 g/mol. The third-order valence-electron chi connectivity index (χ3n) is 6.01. The van der Waals surface area contributed by atoms with Gasteiger partial charge in [0, 0.05) is 35.6 Å². The Kier molecular flexibility index (Phi) is 5.52. The van der Waals surface area contributed by atoms with Crippen molar-refractivity contribution in [2.24, 2.45) is 0 Å². The highest BCUT2D eigenvalue weighted by Crippen LogP contribution is 2.38. The van der Waals surface area contributed by atoms with Gasteiger partial charge in [-0.2, -0.15) is 0 Å². The van der Waals surface area contributed by atoms with Gasteiger partial charge in [0.2, 0.25) is 5.91 Å². The summed E-state index contributed by atoms with van der Waals surface area (Å²) in [6, 6.07) is 19.2. The lowest BCUT2D eigenvalue weighted by atomic mass is 10.00. The molecule has 1 N–H and O–H groups in total. The number of benzene rings is 2. The Morgan fingerprint density at radius 3 is 2.55 bits per heavy atom. The number of hydrogen-bond donors (Lipinski definition) is 1. The van der Waals surface area contributed by atoms with Gasteiger partial charge in [-0.3, -0.25) is 9.59 Å². The Morgan fingerprint density at radius 2 is 1.82 bits per heavy atom. The standard InChI is InChI=1S/C27H23N3O2S/c1-17(31)30(2)20-12-10-19(11-13-20)28-27(32)25-22-7-3-4-8-24(22)29-26-18(9-14-23(25)26)16-21-6-5-15-33-21/h3-8,10-13,15-16H,9,14H2,1-2H3,(H,28,32)/b18-16-. The first-order chi connectivity index (χ1) is 16.0. The molecule has 0 fully saturated rings. The van der Waals surface area contributed by atoms with Gasteiger partial charge >= 0.3 is 0 Å². The fourth-order valence-corrected chi connectivity index (χ4v) is 4.91. The Morgan fingerprint density at radius 1 is 1.03 bits per heavy atom. The van der Waals surface area contributed by atoms with E-state index in [1.54, 1.807) is 23.3 Å². The number of rotatable bonds is 4. The molecule has 0 spiro atoms. The van der Waals surface area contributed by atoms with Crippen molar-refractivity contribution in [3.05, 3.63) is 87.7 Å². The van der Waals surface area contributed by atoms with E-state index in [9.17, 15) is 9.59 Å². The van der Waals surface area contributed by atoms with E-state index in [1.807, 2.05) is 54.6 Å². The summed E-state index contributed by atoms with van der Waals surface area (Å²) in [5.74, 6) is -0.188. The summed E-state index contributed by atoms with van der Waals surface area (Å²) in [4.78, 5) is 32.8. The summed E-state index contributed by atoms with van der Waals surface area (Å²) in [7, 11) is 1.73. The van der Waals surface area contributed by atoms with Gasteiger partial charge in [-0.1, -0.05) is 24.3 Å². The predicted octanol–water partition coefficient (Wildman–Crippen LogP) is 6.02. The molecule has 0 saturated carbocycles. The second-order valence-electron chi connectivity index (χ2n) is 8.10. The summed E-state index contributed by atoms with van der Waals surface area (Å²) in [6.45, 7) is 1.52. The summed E-state index contributed by atoms with van der Waals surface area (Å²) < 4.78 is 0. The summed E-state index contributed by atoms with van der Waals surface area (Å²) in [6.07, 6.45) is 3.84. The number of aromatic nitrogens is 1. The van der Waals surface area contributed by atoms with Crippen LogP contribution in [-0.4, -0.2) is 23.8 Å². The van der Waals surface area contributed by atoms with Crippen molar-refractivity contribution >= 4 is 57.1 Å². The summed E-state index contributed by atoms with van der Waals surface area (Å²) in [5, 5.41) is 5.97. The van der Waals surface area contributed by atoms with Crippen molar-refractivity contribution in [1.29, 1.82) is 0 Å². The highest BCUT2D eigenvalue weighted by molar-refractivity contribution is 7.10. The molecule has 2 amide bonds. The molecule has 5 nitrogen and oxygen atoms in total. The summed E-state index contributed by atoms with van der Waals surface area (Å²) >= 11 is 1.70. The fraction of sp³-hybridized carbons (Fsp3) is 0.148. The summed E-state index contributed by atoms with van der Waals surface area (Å²) in [5.41, 5.74) is 6.06. The average Bonchev–Trinajstić information content (AvgIpc) is 3.48. The van der Waals surface area contributed by atoms with Crippen LogP contribution in [0.25, 0.3) is 22.6 Å². The maximum absolute atomic E-state index is 13.5. The Bertz CT molecular complexity index is 1390. The minimum Gasteiger partial charge on any atom is -0.322 e. The molecule has 1 aliphatic rings. The first-order valence-electron chi connectivity index (χ1n) is 10.8. The van der Waals surface area contributed by atoms with Crippen molar-refractivity contribution < 1.29 is 9.59 Å². The lowest BCUT2D eigenvalue weighted by Crippen LogP contribution is -2.22. The zero-order valence-electron chi connectivity index (χ0n) is 18.5. The number of amides is 2. The number of nitrogens with one attached hydrogen (secondary N) is 1. The molecule has 2 aromatic carbocycles. The van der Waals surface area contributed by atoms with Gasteiger partial charge in [0.05, 0.1) is 16.8 Å². The van der Waals surface area contributed by atoms with Crippen molar-refractivity contribution in [2.75, 3.05) is 17.3 Å². The van der Waals surface area contributed by atoms with Gasteiger partial charge < -0.3 is 10.2 Å². The van der Waals surface area contributed by atoms with Crippen LogP contribution in [0.5, 0.6) is 0 Å². The smallest absolute Gasteiger partial charge is 0.256 e. The molecular weight excluding hydrogens is 430 g/mol. The molecule has 0 atom stereocenters. The SMILES string of the molecule is CC(=O)N(C)c1ccc(NC(=O)c2c3c(nc4ccccc24)/C(=C\c2cccs2)CC3)cc1. The number of pyridine rings is 1. The van der Waals surface area contributed by atoms with Gasteiger partial charge in [-0.15, -0.1) is 11.3 Å². The van der Waals surface area contributed by atoms with Gasteiger partial charge in [0.15, 0.2) is 0 Å². The molecular formula is C27H23N3O2S. The second-order valence-corrected chi connectivity index (χ2v) is 9.07. The number of hydrogen-bond acceptors (Lipinski definition) is 4. The van der Waals surface area contributed by atoms with Crippen LogP contribution in [0.2, 0.25) is 0 Å². The van der Waals surface area contributed by atoms with Gasteiger partial charge in [0.1, 0.15) is 0 Å². The number of thiophene rings is 1. The molecule has 1 aliphatic carbocycles. The lowest BCUT2D eigenvalue weighted by molar-refractivity contribution is -0.116. The zero-order chi connectivity index (χ0) is 22.9. The molecule has 0 saturated heterocycles. The number of para-hydroxylation sites is 1. The maximum atomic E-state index is 13.5. The van der Waals surface area contributed by atoms with Crippen molar-refractivity contribution in [2.45, 2.75) is 19.8 Å². The largest absolute Gasteiger partial charge is 0.322 e. The van der Waals surface area contributed by atoms with E-state index in [1.165, 1.54) is 17.4 Å². The number of allylic oxidation sites excluding steroid dienone is 1. The predicted molar refractivity (Wildman–Crippen MR) is 136 cm³/mol. The Balaban J connectivity index is 1.53. The van der Waals surface area contributed by atoms with E-state index in [4.69, 9.17) is 4.98 Å².